The van der Waals surface area contributed by atoms with Gasteiger partial charge in [0.2, 0.25) is 0 Å². The Bertz CT molecular complexity index is 1570. The number of hydrogen-bond donors (Lipinski definition) is 2. The van der Waals surface area contributed by atoms with E-state index in [1.165, 1.54) is 23.1 Å². The standard InChI is InChI=1S/C29H37N5O2S/c1-18(2)25-26(22-16-34(3)28-21(22)6-5-15-30-28)33-24-12-11-23(32-27(24)25)19-7-9-20(10-8-19)31-17-29(13-14-29)37(4,35)36/h5-6,11-12,15-16,18-20,31,33H,7-10,13-14,17H2,1-4H3. The highest BCUT2D eigenvalue weighted by Crippen LogP contribution is 2.43. The van der Waals surface area contributed by atoms with Crippen LogP contribution in [-0.2, 0) is 16.9 Å². The summed E-state index contributed by atoms with van der Waals surface area (Å²) >= 11 is 0. The molecule has 0 unspecified atom stereocenters. The fourth-order valence-corrected chi connectivity index (χ4v) is 7.45. The third-order valence-electron chi connectivity index (χ3n) is 8.73. The molecule has 0 aromatic carbocycles. The second kappa shape index (κ2) is 8.95. The van der Waals surface area contributed by atoms with Crippen molar-refractivity contribution >= 4 is 31.9 Å². The van der Waals surface area contributed by atoms with Crippen molar-refractivity contribution in [1.82, 2.24) is 24.8 Å². The SMILES string of the molecule is CC(C)c1c(-c2cn(C)c3ncccc23)[nH]c2ccc(C3CCC(NCC4(S(C)(=O)=O)CC4)CC3)nc12. The number of nitrogens with one attached hydrogen (secondary N) is 2. The molecule has 0 bridgehead atoms. The van der Waals surface area contributed by atoms with Gasteiger partial charge in [0.25, 0.3) is 0 Å². The van der Waals surface area contributed by atoms with Crippen molar-refractivity contribution in [3.63, 3.8) is 0 Å². The second-order valence-corrected chi connectivity index (χ2v) is 14.0. The molecule has 37 heavy (non-hydrogen) atoms. The molecule has 0 aliphatic heterocycles. The van der Waals surface area contributed by atoms with Crippen molar-refractivity contribution in [2.45, 2.75) is 75.0 Å². The predicted octanol–water partition coefficient (Wildman–Crippen LogP) is 5.43. The molecular formula is C29H37N5O2S. The molecule has 2 fully saturated rings. The van der Waals surface area contributed by atoms with Crippen molar-refractivity contribution in [1.29, 1.82) is 0 Å². The normalized spacial score (nSPS) is 21.8. The number of aromatic nitrogens is 4. The van der Waals surface area contributed by atoms with Gasteiger partial charge in [0.05, 0.1) is 21.5 Å². The zero-order valence-corrected chi connectivity index (χ0v) is 23.0. The van der Waals surface area contributed by atoms with Gasteiger partial charge >= 0.3 is 0 Å². The Balaban J connectivity index is 1.24. The van der Waals surface area contributed by atoms with Crippen LogP contribution < -0.4 is 5.32 Å². The molecule has 2 saturated carbocycles. The van der Waals surface area contributed by atoms with Gasteiger partial charge in [0.15, 0.2) is 9.84 Å². The van der Waals surface area contributed by atoms with Crippen molar-refractivity contribution in [3.05, 3.63) is 47.9 Å². The van der Waals surface area contributed by atoms with E-state index in [0.717, 1.165) is 66.3 Å². The first-order valence-corrected chi connectivity index (χ1v) is 15.4. The van der Waals surface area contributed by atoms with Gasteiger partial charge in [-0.1, -0.05) is 13.8 Å². The highest BCUT2D eigenvalue weighted by molar-refractivity contribution is 7.92. The number of aromatic amines is 1. The van der Waals surface area contributed by atoms with Gasteiger partial charge in [-0.15, -0.1) is 0 Å². The molecule has 0 atom stereocenters. The summed E-state index contributed by atoms with van der Waals surface area (Å²) in [4.78, 5) is 13.5. The lowest BCUT2D eigenvalue weighted by atomic mass is 9.83. The molecule has 4 aromatic rings. The fourth-order valence-electron chi connectivity index (χ4n) is 6.26. The van der Waals surface area contributed by atoms with Gasteiger partial charge in [0.1, 0.15) is 5.65 Å². The molecule has 0 saturated heterocycles. The van der Waals surface area contributed by atoms with E-state index in [-0.39, 0.29) is 0 Å². The number of aryl methyl sites for hydroxylation is 1. The van der Waals surface area contributed by atoms with E-state index >= 15 is 0 Å². The summed E-state index contributed by atoms with van der Waals surface area (Å²) < 4.78 is 25.8. The zero-order chi connectivity index (χ0) is 25.9. The number of fused-ring (bicyclic) bond motifs is 2. The number of pyridine rings is 2. The average Bonchev–Trinajstić information content (AvgIpc) is 3.49. The molecule has 0 radical (unpaired) electrons. The molecule has 2 aliphatic rings. The molecule has 0 spiro atoms. The fraction of sp³-hybridized carbons (Fsp3) is 0.517. The molecule has 2 N–H and O–H groups in total. The third-order valence-corrected chi connectivity index (χ3v) is 10.9. The van der Waals surface area contributed by atoms with Gasteiger partial charge in [0, 0.05) is 66.4 Å². The third kappa shape index (κ3) is 4.28. The predicted molar refractivity (Wildman–Crippen MR) is 150 cm³/mol. The lowest BCUT2D eigenvalue weighted by Gasteiger charge is -2.30. The zero-order valence-electron chi connectivity index (χ0n) is 22.2. The Hall–Kier alpha value is -2.71. The van der Waals surface area contributed by atoms with Crippen LogP contribution in [0.15, 0.2) is 36.7 Å². The number of sulfone groups is 1. The number of H-pyrrole nitrogens is 1. The molecule has 6 rings (SSSR count). The summed E-state index contributed by atoms with van der Waals surface area (Å²) in [6.07, 6.45) is 11.2. The van der Waals surface area contributed by atoms with Gasteiger partial charge in [-0.3, -0.25) is 4.98 Å². The maximum absolute atomic E-state index is 12.1. The van der Waals surface area contributed by atoms with Gasteiger partial charge in [-0.05, 0) is 68.7 Å². The maximum Gasteiger partial charge on any atom is 0.154 e. The van der Waals surface area contributed by atoms with Crippen molar-refractivity contribution < 1.29 is 8.42 Å². The molecule has 4 heterocycles. The number of hydrogen-bond acceptors (Lipinski definition) is 5. The molecule has 0 amide bonds. The highest BCUT2D eigenvalue weighted by Gasteiger charge is 2.51. The van der Waals surface area contributed by atoms with Crippen molar-refractivity contribution in [3.8, 4) is 11.3 Å². The molecule has 7 nitrogen and oxygen atoms in total. The largest absolute Gasteiger partial charge is 0.353 e. The van der Waals surface area contributed by atoms with E-state index in [9.17, 15) is 8.42 Å². The number of rotatable bonds is 7. The van der Waals surface area contributed by atoms with Crippen LogP contribution in [0.5, 0.6) is 0 Å². The van der Waals surface area contributed by atoms with Crippen molar-refractivity contribution in [2.75, 3.05) is 12.8 Å². The van der Waals surface area contributed by atoms with E-state index < -0.39 is 14.6 Å². The van der Waals surface area contributed by atoms with Crippen LogP contribution in [0.2, 0.25) is 0 Å². The Morgan fingerprint density at radius 2 is 1.92 bits per heavy atom. The molecule has 4 aromatic heterocycles. The van der Waals surface area contributed by atoms with Crippen LogP contribution in [0.3, 0.4) is 0 Å². The smallest absolute Gasteiger partial charge is 0.154 e. The minimum atomic E-state index is -2.99. The molecule has 8 heteroatoms. The Labute approximate surface area is 219 Å². The Kier molecular flexibility index (Phi) is 5.95. The summed E-state index contributed by atoms with van der Waals surface area (Å²) in [5.41, 5.74) is 7.88. The maximum atomic E-state index is 12.1. The van der Waals surface area contributed by atoms with Crippen LogP contribution in [0.25, 0.3) is 33.3 Å². The summed E-state index contributed by atoms with van der Waals surface area (Å²) in [5, 5.41) is 4.73. The monoisotopic (exact) mass is 519 g/mol. The first kappa shape index (κ1) is 24.6. The van der Waals surface area contributed by atoms with Crippen LogP contribution >= 0.6 is 0 Å². The van der Waals surface area contributed by atoms with Crippen LogP contribution in [-0.4, -0.2) is 51.5 Å². The lowest BCUT2D eigenvalue weighted by Crippen LogP contribution is -2.41. The van der Waals surface area contributed by atoms with Crippen LogP contribution in [0.4, 0.5) is 0 Å². The Morgan fingerprint density at radius 3 is 2.59 bits per heavy atom. The molecule has 196 valence electrons. The molecular weight excluding hydrogens is 482 g/mol. The van der Waals surface area contributed by atoms with E-state index in [0.29, 0.717) is 24.4 Å². The summed E-state index contributed by atoms with van der Waals surface area (Å²) in [6.45, 7) is 5.08. The minimum absolute atomic E-state index is 0.322. The first-order chi connectivity index (χ1) is 17.7. The van der Waals surface area contributed by atoms with Gasteiger partial charge < -0.3 is 14.9 Å². The summed E-state index contributed by atoms with van der Waals surface area (Å²) in [5.74, 6) is 0.760. The van der Waals surface area contributed by atoms with Crippen molar-refractivity contribution in [2.24, 2.45) is 7.05 Å². The van der Waals surface area contributed by atoms with Crippen LogP contribution in [0, 0.1) is 0 Å². The average molecular weight is 520 g/mol. The topological polar surface area (TPSA) is 92.7 Å². The van der Waals surface area contributed by atoms with Gasteiger partial charge in [-0.25, -0.2) is 13.4 Å². The van der Waals surface area contributed by atoms with Crippen LogP contribution in [0.1, 0.15) is 75.5 Å². The van der Waals surface area contributed by atoms with E-state index in [1.807, 2.05) is 19.3 Å². The minimum Gasteiger partial charge on any atom is -0.353 e. The summed E-state index contributed by atoms with van der Waals surface area (Å²) in [6, 6.07) is 8.92. The van der Waals surface area contributed by atoms with E-state index in [4.69, 9.17) is 4.98 Å². The number of nitrogens with zero attached hydrogens (tertiary/aromatic N) is 3. The summed E-state index contributed by atoms with van der Waals surface area (Å²) in [7, 11) is -0.942. The second-order valence-electron chi connectivity index (χ2n) is 11.6. The lowest BCUT2D eigenvalue weighted by molar-refractivity contribution is 0.338. The Morgan fingerprint density at radius 1 is 1.16 bits per heavy atom. The van der Waals surface area contributed by atoms with E-state index in [2.05, 4.69) is 58.1 Å². The highest BCUT2D eigenvalue weighted by atomic mass is 32.2. The molecule has 2 aliphatic carbocycles. The first-order valence-electron chi connectivity index (χ1n) is 13.5. The quantitative estimate of drug-likeness (QED) is 0.340. The van der Waals surface area contributed by atoms with Gasteiger partial charge in [-0.2, -0.15) is 0 Å². The van der Waals surface area contributed by atoms with E-state index in [1.54, 1.807) is 0 Å².